The predicted molar refractivity (Wildman–Crippen MR) is 102 cm³/mol. The van der Waals surface area contributed by atoms with Crippen LogP contribution in [0.4, 0.5) is 0 Å². The summed E-state index contributed by atoms with van der Waals surface area (Å²) >= 11 is 0. The molecular weight excluding hydrogens is 340 g/mol. The zero-order valence-electron chi connectivity index (χ0n) is 15.9. The van der Waals surface area contributed by atoms with Crippen LogP contribution >= 0.6 is 0 Å². The number of amides is 1. The van der Waals surface area contributed by atoms with E-state index in [4.69, 9.17) is 4.63 Å². The highest BCUT2D eigenvalue weighted by molar-refractivity contribution is 5.81. The van der Waals surface area contributed by atoms with Gasteiger partial charge in [-0.05, 0) is 91.5 Å². The Balaban J connectivity index is 1.18. The van der Waals surface area contributed by atoms with Crippen LogP contribution in [0.25, 0.3) is 11.0 Å². The number of nitrogens with zero attached hydrogens (tertiary/aromatic N) is 4. The Kier molecular flexibility index (Phi) is 4.38. The van der Waals surface area contributed by atoms with E-state index in [9.17, 15) is 4.79 Å². The Hall–Kier alpha value is -1.95. The van der Waals surface area contributed by atoms with Gasteiger partial charge in [0.25, 0.3) is 0 Å². The van der Waals surface area contributed by atoms with Gasteiger partial charge in [-0.3, -0.25) is 9.69 Å². The fraction of sp³-hybridized carbons (Fsp3) is 0.667. The smallest absolute Gasteiger partial charge is 0.225 e. The maximum absolute atomic E-state index is 12.3. The summed E-state index contributed by atoms with van der Waals surface area (Å²) in [7, 11) is 0. The van der Waals surface area contributed by atoms with Gasteiger partial charge < -0.3 is 4.90 Å². The average Bonchev–Trinajstić information content (AvgIpc) is 3.46. The van der Waals surface area contributed by atoms with Gasteiger partial charge in [-0.1, -0.05) is 6.07 Å². The van der Waals surface area contributed by atoms with E-state index in [1.54, 1.807) is 0 Å². The van der Waals surface area contributed by atoms with Crippen molar-refractivity contribution >= 4 is 16.9 Å². The molecule has 27 heavy (non-hydrogen) atoms. The molecule has 2 saturated heterocycles. The minimum Gasteiger partial charge on any atom is -0.342 e. The topological polar surface area (TPSA) is 62.5 Å². The van der Waals surface area contributed by atoms with E-state index in [2.05, 4.69) is 32.2 Å². The van der Waals surface area contributed by atoms with Gasteiger partial charge in [-0.15, -0.1) is 0 Å². The van der Waals surface area contributed by atoms with Crippen molar-refractivity contribution in [2.45, 2.75) is 51.5 Å². The molecule has 5 rings (SSSR count). The molecule has 1 amide bonds. The lowest BCUT2D eigenvalue weighted by Gasteiger charge is -2.41. The van der Waals surface area contributed by atoms with Crippen LogP contribution in [-0.2, 0) is 11.3 Å². The summed E-state index contributed by atoms with van der Waals surface area (Å²) in [6, 6.07) is 6.22. The number of carbonyl (C=O) groups excluding carboxylic acids is 1. The molecule has 1 aromatic carbocycles. The zero-order chi connectivity index (χ0) is 18.3. The highest BCUT2D eigenvalue weighted by Crippen LogP contribution is 2.42. The molecule has 2 aromatic rings. The first-order chi connectivity index (χ1) is 13.2. The van der Waals surface area contributed by atoms with Crippen molar-refractivity contribution in [3.05, 3.63) is 23.8 Å². The lowest BCUT2D eigenvalue weighted by molar-refractivity contribution is -0.135. The molecule has 0 bridgehead atoms. The molecule has 0 radical (unpaired) electrons. The van der Waals surface area contributed by atoms with E-state index in [-0.39, 0.29) is 0 Å². The number of aromatic nitrogens is 2. The summed E-state index contributed by atoms with van der Waals surface area (Å²) < 4.78 is 4.81. The highest BCUT2D eigenvalue weighted by atomic mass is 16.6. The molecule has 1 aliphatic carbocycles. The second-order valence-corrected chi connectivity index (χ2v) is 8.82. The van der Waals surface area contributed by atoms with E-state index in [1.165, 1.54) is 37.7 Å². The summed E-state index contributed by atoms with van der Waals surface area (Å²) in [5.74, 6) is 0.791. The van der Waals surface area contributed by atoms with Crippen molar-refractivity contribution in [3.8, 4) is 0 Å². The largest absolute Gasteiger partial charge is 0.342 e. The summed E-state index contributed by atoms with van der Waals surface area (Å²) in [4.78, 5) is 17.0. The Morgan fingerprint density at radius 3 is 2.63 bits per heavy atom. The van der Waals surface area contributed by atoms with Gasteiger partial charge in [0.15, 0.2) is 0 Å². The molecule has 0 unspecified atom stereocenters. The SMILES string of the molecule is O=C(C1CC1)N1CCC2(CCCN(Cc3ccc4nonc4c3)CC2)CC1. The van der Waals surface area contributed by atoms with E-state index in [1.807, 2.05) is 6.07 Å². The van der Waals surface area contributed by atoms with Crippen LogP contribution in [0.15, 0.2) is 22.8 Å². The van der Waals surface area contributed by atoms with Crippen LogP contribution in [0.5, 0.6) is 0 Å². The average molecular weight is 368 g/mol. The zero-order valence-corrected chi connectivity index (χ0v) is 15.9. The maximum atomic E-state index is 12.3. The fourth-order valence-corrected chi connectivity index (χ4v) is 4.94. The van der Waals surface area contributed by atoms with Gasteiger partial charge in [-0.2, -0.15) is 0 Å². The number of piperidine rings is 1. The van der Waals surface area contributed by atoms with E-state index >= 15 is 0 Å². The number of hydrogen-bond acceptors (Lipinski definition) is 5. The lowest BCUT2D eigenvalue weighted by Crippen LogP contribution is -2.44. The highest BCUT2D eigenvalue weighted by Gasteiger charge is 2.40. The summed E-state index contributed by atoms with van der Waals surface area (Å²) in [5.41, 5.74) is 3.39. The Morgan fingerprint density at radius 1 is 1.04 bits per heavy atom. The molecular formula is C21H28N4O2. The molecule has 1 saturated carbocycles. The first kappa shape index (κ1) is 17.2. The number of rotatable bonds is 3. The van der Waals surface area contributed by atoms with E-state index in [0.29, 0.717) is 17.2 Å². The van der Waals surface area contributed by atoms with Gasteiger partial charge in [0.2, 0.25) is 5.91 Å². The van der Waals surface area contributed by atoms with Gasteiger partial charge in [0.1, 0.15) is 11.0 Å². The Morgan fingerprint density at radius 2 is 1.81 bits per heavy atom. The molecule has 3 aliphatic rings. The van der Waals surface area contributed by atoms with Gasteiger partial charge in [-0.25, -0.2) is 4.63 Å². The van der Waals surface area contributed by atoms with Gasteiger partial charge >= 0.3 is 0 Å². The molecule has 3 fully saturated rings. The van der Waals surface area contributed by atoms with Crippen molar-refractivity contribution < 1.29 is 9.42 Å². The second-order valence-electron chi connectivity index (χ2n) is 8.82. The number of carbonyl (C=O) groups is 1. The van der Waals surface area contributed by atoms with Crippen molar-refractivity contribution in [2.24, 2.45) is 11.3 Å². The number of likely N-dealkylation sites (tertiary alicyclic amines) is 2. The van der Waals surface area contributed by atoms with Crippen molar-refractivity contribution in [1.82, 2.24) is 20.1 Å². The number of fused-ring (bicyclic) bond motifs is 1. The van der Waals surface area contributed by atoms with Crippen molar-refractivity contribution in [2.75, 3.05) is 26.2 Å². The van der Waals surface area contributed by atoms with Crippen LogP contribution in [0.1, 0.15) is 50.5 Å². The number of hydrogen-bond donors (Lipinski definition) is 0. The molecule has 6 heteroatoms. The summed E-state index contributed by atoms with van der Waals surface area (Å²) in [6.45, 7) is 5.22. The Labute approximate surface area is 159 Å². The van der Waals surface area contributed by atoms with E-state index < -0.39 is 0 Å². The van der Waals surface area contributed by atoms with Crippen molar-refractivity contribution in [1.29, 1.82) is 0 Å². The third-order valence-electron chi connectivity index (χ3n) is 6.93. The van der Waals surface area contributed by atoms with Crippen LogP contribution in [0.3, 0.4) is 0 Å². The second kappa shape index (κ2) is 6.89. The molecule has 0 atom stereocenters. The molecule has 2 aliphatic heterocycles. The normalized spacial score (nSPS) is 23.6. The summed E-state index contributed by atoms with van der Waals surface area (Å²) in [6.07, 6.45) is 8.43. The van der Waals surface area contributed by atoms with Gasteiger partial charge in [0.05, 0.1) is 0 Å². The third kappa shape index (κ3) is 3.59. The monoisotopic (exact) mass is 368 g/mol. The molecule has 1 aromatic heterocycles. The minimum absolute atomic E-state index is 0.362. The molecule has 0 N–H and O–H groups in total. The van der Waals surface area contributed by atoms with Crippen LogP contribution < -0.4 is 0 Å². The van der Waals surface area contributed by atoms with Crippen LogP contribution in [0, 0.1) is 11.3 Å². The standard InChI is InChI=1S/C21H28N4O2/c26-20(17-3-4-17)25-12-8-21(9-13-25)6-1-10-24(11-7-21)15-16-2-5-18-19(14-16)23-27-22-18/h2,5,14,17H,1,3-4,6-13,15H2. The minimum atomic E-state index is 0.362. The first-order valence-electron chi connectivity index (χ1n) is 10.4. The first-order valence-corrected chi connectivity index (χ1v) is 10.4. The van der Waals surface area contributed by atoms with E-state index in [0.717, 1.165) is 56.6 Å². The molecule has 6 nitrogen and oxygen atoms in total. The van der Waals surface area contributed by atoms with Gasteiger partial charge in [0, 0.05) is 25.6 Å². The maximum Gasteiger partial charge on any atom is 0.225 e. The fourth-order valence-electron chi connectivity index (χ4n) is 4.94. The molecule has 1 spiro atoms. The summed E-state index contributed by atoms with van der Waals surface area (Å²) in [5, 5.41) is 7.84. The number of benzene rings is 1. The third-order valence-corrected chi connectivity index (χ3v) is 6.93. The van der Waals surface area contributed by atoms with Crippen LogP contribution in [0.2, 0.25) is 0 Å². The quantitative estimate of drug-likeness (QED) is 0.832. The van der Waals surface area contributed by atoms with Crippen molar-refractivity contribution in [3.63, 3.8) is 0 Å². The van der Waals surface area contributed by atoms with Crippen LogP contribution in [-0.4, -0.2) is 52.2 Å². The Bertz CT molecular complexity index is 820. The molecule has 144 valence electrons. The lowest BCUT2D eigenvalue weighted by atomic mass is 9.73. The predicted octanol–water partition coefficient (Wildman–Crippen LogP) is 3.23. The molecule has 3 heterocycles.